The van der Waals surface area contributed by atoms with Crippen LogP contribution in [-0.2, 0) is 0 Å². The summed E-state index contributed by atoms with van der Waals surface area (Å²) in [4.78, 5) is 0. The SMILES string of the molecule is CC(Nc1c(N)cc(N)[n+]([O-])c1N)c1ccoc1. The minimum Gasteiger partial charge on any atom is -0.740 e. The van der Waals surface area contributed by atoms with E-state index in [-0.39, 0.29) is 17.7 Å². The van der Waals surface area contributed by atoms with Crippen molar-refractivity contribution in [3.05, 3.63) is 35.4 Å². The van der Waals surface area contributed by atoms with Gasteiger partial charge in [-0.3, -0.25) is 0 Å². The van der Waals surface area contributed by atoms with Gasteiger partial charge in [-0.05, 0) is 13.0 Å². The van der Waals surface area contributed by atoms with Crippen LogP contribution in [0.4, 0.5) is 23.0 Å². The number of nitrogens with one attached hydrogen (secondary N) is 1. The Hall–Kier alpha value is -2.57. The number of aromatic nitrogens is 1. The molecular weight excluding hydrogens is 234 g/mol. The van der Waals surface area contributed by atoms with Crippen molar-refractivity contribution in [2.24, 2.45) is 0 Å². The molecule has 0 aliphatic carbocycles. The Kier molecular flexibility index (Phi) is 2.88. The molecule has 7 heteroatoms. The summed E-state index contributed by atoms with van der Waals surface area (Å²) in [6, 6.07) is 3.08. The average molecular weight is 249 g/mol. The van der Waals surface area contributed by atoms with E-state index in [0.717, 1.165) is 5.56 Å². The monoisotopic (exact) mass is 249 g/mol. The van der Waals surface area contributed by atoms with E-state index in [1.54, 1.807) is 12.5 Å². The van der Waals surface area contributed by atoms with Gasteiger partial charge < -0.3 is 32.1 Å². The van der Waals surface area contributed by atoms with Gasteiger partial charge in [0.1, 0.15) is 5.69 Å². The summed E-state index contributed by atoms with van der Waals surface area (Å²) in [5.41, 5.74) is 18.6. The minimum absolute atomic E-state index is 0.0356. The van der Waals surface area contributed by atoms with E-state index >= 15 is 0 Å². The van der Waals surface area contributed by atoms with E-state index in [9.17, 15) is 5.21 Å². The van der Waals surface area contributed by atoms with Crippen LogP contribution in [0, 0.1) is 5.21 Å². The molecule has 2 rings (SSSR count). The van der Waals surface area contributed by atoms with Crippen molar-refractivity contribution in [2.75, 3.05) is 22.5 Å². The Morgan fingerprint density at radius 3 is 2.72 bits per heavy atom. The molecule has 7 N–H and O–H groups in total. The number of hydrogen-bond acceptors (Lipinski definition) is 6. The van der Waals surface area contributed by atoms with Crippen LogP contribution in [0.15, 0.2) is 29.1 Å². The Balaban J connectivity index is 2.32. The number of nitrogens with zero attached hydrogens (tertiary/aromatic N) is 1. The second kappa shape index (κ2) is 4.36. The summed E-state index contributed by atoms with van der Waals surface area (Å²) in [6.07, 6.45) is 3.17. The van der Waals surface area contributed by atoms with Crippen LogP contribution in [0.25, 0.3) is 0 Å². The summed E-state index contributed by atoms with van der Waals surface area (Å²) in [7, 11) is 0. The standard InChI is InChI=1S/C11H15N5O2/c1-6(7-2-3-18-5-7)15-10-8(12)4-9(13)16(17)11(10)14/h2-6,15H,12-14H2,1H3. The second-order valence-electron chi connectivity index (χ2n) is 4.00. The minimum atomic E-state index is -0.100. The molecular formula is C11H15N5O2. The molecule has 0 aliphatic rings. The first kappa shape index (κ1) is 11.9. The van der Waals surface area contributed by atoms with Gasteiger partial charge in [-0.25, -0.2) is 4.73 Å². The van der Waals surface area contributed by atoms with Crippen LogP contribution < -0.4 is 27.2 Å². The summed E-state index contributed by atoms with van der Waals surface area (Å²) >= 11 is 0. The van der Waals surface area contributed by atoms with Crippen molar-refractivity contribution in [1.29, 1.82) is 0 Å². The zero-order valence-electron chi connectivity index (χ0n) is 9.88. The van der Waals surface area contributed by atoms with Gasteiger partial charge in [0.25, 0.3) is 0 Å². The van der Waals surface area contributed by atoms with Crippen LogP contribution in [0.2, 0.25) is 0 Å². The molecule has 0 fully saturated rings. The number of pyridine rings is 1. The predicted octanol–water partition coefficient (Wildman–Crippen LogP) is 0.833. The quantitative estimate of drug-likeness (QED) is 0.471. The van der Waals surface area contributed by atoms with Gasteiger partial charge in [0.15, 0.2) is 0 Å². The molecule has 0 aromatic carbocycles. The van der Waals surface area contributed by atoms with Crippen LogP contribution in [0.3, 0.4) is 0 Å². The fourth-order valence-electron chi connectivity index (χ4n) is 1.66. The number of hydrogen-bond donors (Lipinski definition) is 4. The van der Waals surface area contributed by atoms with Crippen LogP contribution in [-0.4, -0.2) is 0 Å². The fourth-order valence-corrected chi connectivity index (χ4v) is 1.66. The van der Waals surface area contributed by atoms with Gasteiger partial charge in [-0.1, -0.05) is 0 Å². The molecule has 7 nitrogen and oxygen atoms in total. The molecule has 0 saturated heterocycles. The zero-order valence-corrected chi connectivity index (χ0v) is 9.88. The van der Waals surface area contributed by atoms with E-state index in [4.69, 9.17) is 21.6 Å². The molecule has 18 heavy (non-hydrogen) atoms. The van der Waals surface area contributed by atoms with Crippen LogP contribution in [0.1, 0.15) is 18.5 Å². The topological polar surface area (TPSA) is 130 Å². The lowest BCUT2D eigenvalue weighted by Crippen LogP contribution is -2.35. The maximum atomic E-state index is 11.6. The highest BCUT2D eigenvalue weighted by atomic mass is 16.5. The van der Waals surface area contributed by atoms with Gasteiger partial charge in [-0.2, -0.15) is 0 Å². The van der Waals surface area contributed by atoms with Crippen molar-refractivity contribution in [1.82, 2.24) is 0 Å². The molecule has 0 saturated carbocycles. The Morgan fingerprint density at radius 2 is 2.11 bits per heavy atom. The Labute approximate surface area is 104 Å². The number of furan rings is 1. The molecule has 2 heterocycles. The lowest BCUT2D eigenvalue weighted by molar-refractivity contribution is -0.573. The van der Waals surface area contributed by atoms with Gasteiger partial charge in [0.05, 0.1) is 24.3 Å². The summed E-state index contributed by atoms with van der Waals surface area (Å²) in [5.74, 6) is -0.0886. The maximum absolute atomic E-state index is 11.6. The molecule has 1 atom stereocenters. The molecule has 0 radical (unpaired) electrons. The molecule has 2 aromatic heterocycles. The van der Waals surface area contributed by atoms with E-state index in [2.05, 4.69) is 5.32 Å². The lowest BCUT2D eigenvalue weighted by Gasteiger charge is -2.19. The van der Waals surface area contributed by atoms with E-state index < -0.39 is 0 Å². The van der Waals surface area contributed by atoms with Crippen molar-refractivity contribution in [3.63, 3.8) is 0 Å². The fraction of sp³-hybridized carbons (Fsp3) is 0.182. The zero-order chi connectivity index (χ0) is 13.3. The van der Waals surface area contributed by atoms with Crippen molar-refractivity contribution in [3.8, 4) is 0 Å². The first-order chi connectivity index (χ1) is 8.50. The van der Waals surface area contributed by atoms with Gasteiger partial charge in [0, 0.05) is 11.6 Å². The third-order valence-corrected chi connectivity index (χ3v) is 2.71. The number of nitrogen functional groups attached to an aromatic ring is 3. The summed E-state index contributed by atoms with van der Waals surface area (Å²) in [5, 5.41) is 14.6. The Morgan fingerprint density at radius 1 is 1.39 bits per heavy atom. The first-order valence-electron chi connectivity index (χ1n) is 5.36. The van der Waals surface area contributed by atoms with Crippen molar-refractivity contribution in [2.45, 2.75) is 13.0 Å². The van der Waals surface area contributed by atoms with Gasteiger partial charge in [0.2, 0.25) is 11.6 Å². The molecule has 96 valence electrons. The Bertz CT molecular complexity index is 553. The largest absolute Gasteiger partial charge is 0.740 e. The summed E-state index contributed by atoms with van der Waals surface area (Å²) in [6.45, 7) is 1.90. The molecule has 0 amide bonds. The lowest BCUT2D eigenvalue weighted by atomic mass is 10.1. The normalized spacial score (nSPS) is 12.3. The number of anilines is 4. The number of nitrogens with two attached hydrogens (primary N) is 3. The third kappa shape index (κ3) is 1.97. The van der Waals surface area contributed by atoms with E-state index in [0.29, 0.717) is 16.1 Å². The van der Waals surface area contributed by atoms with Gasteiger partial charge >= 0.3 is 0 Å². The molecule has 0 bridgehead atoms. The highest BCUT2D eigenvalue weighted by molar-refractivity contribution is 5.77. The predicted molar refractivity (Wildman–Crippen MR) is 69.4 cm³/mol. The molecule has 1 unspecified atom stereocenters. The third-order valence-electron chi connectivity index (χ3n) is 2.71. The number of rotatable bonds is 3. The van der Waals surface area contributed by atoms with Gasteiger partial charge in [-0.15, -0.1) is 0 Å². The summed E-state index contributed by atoms with van der Waals surface area (Å²) < 4.78 is 5.42. The van der Waals surface area contributed by atoms with Crippen LogP contribution >= 0.6 is 0 Å². The van der Waals surface area contributed by atoms with Crippen LogP contribution in [0.5, 0.6) is 0 Å². The van der Waals surface area contributed by atoms with E-state index in [1.807, 2.05) is 13.0 Å². The van der Waals surface area contributed by atoms with E-state index in [1.165, 1.54) is 6.07 Å². The highest BCUT2D eigenvalue weighted by Crippen LogP contribution is 2.29. The molecule has 0 aliphatic heterocycles. The first-order valence-corrected chi connectivity index (χ1v) is 5.36. The molecule has 0 spiro atoms. The average Bonchev–Trinajstić information content (AvgIpc) is 2.85. The maximum Gasteiger partial charge on any atom is 0.245 e. The highest BCUT2D eigenvalue weighted by Gasteiger charge is 2.16. The second-order valence-corrected chi connectivity index (χ2v) is 4.00. The van der Waals surface area contributed by atoms with Crippen molar-refractivity contribution >= 4 is 23.0 Å². The van der Waals surface area contributed by atoms with Crippen molar-refractivity contribution < 1.29 is 9.15 Å². The molecule has 2 aromatic rings. The smallest absolute Gasteiger partial charge is 0.245 e.